The number of halogens is 1. The molecule has 41 heavy (non-hydrogen) atoms. The molecule has 6 atom stereocenters. The number of hydrogen-bond donors (Lipinski definition) is 2. The fourth-order valence-electron chi connectivity index (χ4n) is 4.63. The number of nitrogens with two attached hydrogens (primary N) is 1. The van der Waals surface area contributed by atoms with Gasteiger partial charge in [-0.15, -0.1) is 0 Å². The van der Waals surface area contributed by atoms with Crippen LogP contribution in [0.1, 0.15) is 71.1 Å². The Morgan fingerprint density at radius 1 is 1.20 bits per heavy atom. The number of amides is 1. The normalized spacial score (nSPS) is 26.8. The molecule has 3 N–H and O–H groups in total. The molecule has 0 saturated carbocycles. The lowest BCUT2D eigenvalue weighted by Gasteiger charge is -2.28. The molecule has 0 aliphatic carbocycles. The van der Waals surface area contributed by atoms with Gasteiger partial charge in [-0.3, -0.25) is 0 Å². The van der Waals surface area contributed by atoms with Crippen molar-refractivity contribution in [3.8, 4) is 11.8 Å². The van der Waals surface area contributed by atoms with Gasteiger partial charge in [-0.1, -0.05) is 105 Å². The minimum Gasteiger partial charge on any atom is -0.454 e. The third-order valence-electron chi connectivity index (χ3n) is 7.16. The van der Waals surface area contributed by atoms with E-state index in [1.54, 1.807) is 24.3 Å². The van der Waals surface area contributed by atoms with Gasteiger partial charge in [-0.05, 0) is 67.4 Å². The van der Waals surface area contributed by atoms with Crippen LogP contribution in [0, 0.1) is 41.9 Å². The zero-order valence-corrected chi connectivity index (χ0v) is 26.6. The summed E-state index contributed by atoms with van der Waals surface area (Å²) in [6.07, 6.45) is 14.1. The van der Waals surface area contributed by atoms with Gasteiger partial charge in [0, 0.05) is 21.9 Å². The molecule has 7 heteroatoms. The van der Waals surface area contributed by atoms with Crippen molar-refractivity contribution in [1.29, 1.82) is 0 Å². The van der Waals surface area contributed by atoms with Crippen molar-refractivity contribution in [3.05, 3.63) is 82.4 Å². The lowest BCUT2D eigenvalue weighted by atomic mass is 9.82. The maximum atomic E-state index is 12.5. The Hall–Kier alpha value is -3.08. The fourth-order valence-corrected chi connectivity index (χ4v) is 5.11. The van der Waals surface area contributed by atoms with E-state index < -0.39 is 29.7 Å². The standard InChI is InChI=1S/C34H44BrNO5/c1-23-13-11-17-30(37)41-29(25(3)19-18-24(2)22-27(21-23)40-33(36)39)16-9-7-8-10-20-34(5,6)32(38)28-15-12-14-26(4)31(28)35/h9-12,14-20,23-25,27,29,32,38H,13,21-22H2,1-6H3,(H2,36,39)/b16-9+,17-11-,19-18+,20-10+/t23-,24+,25+,27-,29-,32?/m1/s1. The first-order valence-corrected chi connectivity index (χ1v) is 14.9. The Morgan fingerprint density at radius 3 is 2.61 bits per heavy atom. The molecule has 0 fully saturated rings. The van der Waals surface area contributed by atoms with Gasteiger partial charge < -0.3 is 20.3 Å². The summed E-state index contributed by atoms with van der Waals surface area (Å²) in [7, 11) is 0. The molecular formula is C34H44BrNO5. The molecule has 2 rings (SSSR count). The van der Waals surface area contributed by atoms with Crippen LogP contribution in [0.5, 0.6) is 0 Å². The second-order valence-electron chi connectivity index (χ2n) is 11.6. The van der Waals surface area contributed by atoms with E-state index in [1.807, 2.05) is 65.0 Å². The number of benzene rings is 1. The monoisotopic (exact) mass is 625 g/mol. The number of allylic oxidation sites excluding steroid dienone is 4. The number of aryl methyl sites for hydroxylation is 1. The first-order chi connectivity index (χ1) is 19.3. The summed E-state index contributed by atoms with van der Waals surface area (Å²) in [5, 5.41) is 11.0. The van der Waals surface area contributed by atoms with E-state index in [0.717, 1.165) is 15.6 Å². The third-order valence-corrected chi connectivity index (χ3v) is 8.24. The maximum absolute atomic E-state index is 12.5. The van der Waals surface area contributed by atoms with Crippen LogP contribution < -0.4 is 5.73 Å². The van der Waals surface area contributed by atoms with Crippen molar-refractivity contribution in [3.63, 3.8) is 0 Å². The van der Waals surface area contributed by atoms with Crippen molar-refractivity contribution in [1.82, 2.24) is 0 Å². The summed E-state index contributed by atoms with van der Waals surface area (Å²) in [6.45, 7) is 12.0. The molecule has 6 nitrogen and oxygen atoms in total. The second-order valence-corrected chi connectivity index (χ2v) is 12.4. The zero-order chi connectivity index (χ0) is 30.6. The van der Waals surface area contributed by atoms with Gasteiger partial charge in [-0.25, -0.2) is 9.59 Å². The van der Waals surface area contributed by atoms with E-state index in [-0.39, 0.29) is 23.9 Å². The molecule has 0 radical (unpaired) electrons. The highest BCUT2D eigenvalue weighted by molar-refractivity contribution is 9.10. The molecule has 222 valence electrons. The molecular weight excluding hydrogens is 582 g/mol. The molecule has 1 unspecified atom stereocenters. The molecule has 0 aromatic heterocycles. The lowest BCUT2D eigenvalue weighted by molar-refractivity contribution is -0.142. The van der Waals surface area contributed by atoms with Crippen molar-refractivity contribution in [2.24, 2.45) is 28.9 Å². The van der Waals surface area contributed by atoms with Crippen LogP contribution in [0.2, 0.25) is 0 Å². The van der Waals surface area contributed by atoms with E-state index in [0.29, 0.717) is 19.3 Å². The summed E-state index contributed by atoms with van der Waals surface area (Å²) < 4.78 is 12.0. The number of aliphatic hydroxyl groups is 1. The number of primary amides is 1. The van der Waals surface area contributed by atoms with Gasteiger partial charge >= 0.3 is 12.1 Å². The molecule has 0 saturated heterocycles. The molecule has 1 aromatic carbocycles. The quantitative estimate of drug-likeness (QED) is 0.200. The number of rotatable bonds is 5. The number of esters is 1. The average Bonchev–Trinajstić information content (AvgIpc) is 2.88. The topological polar surface area (TPSA) is 98.8 Å². The van der Waals surface area contributed by atoms with E-state index in [1.165, 1.54) is 6.08 Å². The molecule has 1 amide bonds. The number of carbonyl (C=O) groups excluding carboxylic acids is 2. The van der Waals surface area contributed by atoms with E-state index in [4.69, 9.17) is 15.2 Å². The Balaban J connectivity index is 2.15. The van der Waals surface area contributed by atoms with Gasteiger partial charge in [0.2, 0.25) is 0 Å². The second kappa shape index (κ2) is 16.4. The fraction of sp³-hybridized carbons (Fsp3) is 0.471. The van der Waals surface area contributed by atoms with Gasteiger partial charge in [0.05, 0.1) is 6.10 Å². The Labute approximate surface area is 253 Å². The van der Waals surface area contributed by atoms with Crippen molar-refractivity contribution in [2.45, 2.75) is 79.1 Å². The number of cyclic esters (lactones) is 1. The maximum Gasteiger partial charge on any atom is 0.404 e. The van der Waals surface area contributed by atoms with Crippen LogP contribution in [-0.2, 0) is 14.3 Å². The summed E-state index contributed by atoms with van der Waals surface area (Å²) in [5.74, 6) is 5.78. The van der Waals surface area contributed by atoms with Crippen LogP contribution >= 0.6 is 15.9 Å². The first kappa shape index (κ1) is 34.1. The summed E-state index contributed by atoms with van der Waals surface area (Å²) in [4.78, 5) is 23.9. The number of aliphatic hydroxyl groups excluding tert-OH is 1. The van der Waals surface area contributed by atoms with Gasteiger partial charge in [-0.2, -0.15) is 0 Å². The number of hydrogen-bond acceptors (Lipinski definition) is 5. The highest BCUT2D eigenvalue weighted by Crippen LogP contribution is 2.38. The predicted octanol–water partition coefficient (Wildman–Crippen LogP) is 7.51. The molecule has 1 aromatic rings. The summed E-state index contributed by atoms with van der Waals surface area (Å²) >= 11 is 3.59. The van der Waals surface area contributed by atoms with Gasteiger partial charge in [0.15, 0.2) is 0 Å². The molecule has 0 bridgehead atoms. The highest BCUT2D eigenvalue weighted by Gasteiger charge is 2.28. The summed E-state index contributed by atoms with van der Waals surface area (Å²) in [6, 6.07) is 5.84. The summed E-state index contributed by atoms with van der Waals surface area (Å²) in [5.41, 5.74) is 6.64. The Bertz CT molecular complexity index is 1220. The minimum absolute atomic E-state index is 0.109. The lowest BCUT2D eigenvalue weighted by Crippen LogP contribution is -2.26. The largest absolute Gasteiger partial charge is 0.454 e. The first-order valence-electron chi connectivity index (χ1n) is 14.1. The Morgan fingerprint density at radius 2 is 1.90 bits per heavy atom. The van der Waals surface area contributed by atoms with Crippen LogP contribution in [0.25, 0.3) is 0 Å². The predicted molar refractivity (Wildman–Crippen MR) is 168 cm³/mol. The van der Waals surface area contributed by atoms with Crippen LogP contribution in [0.15, 0.2) is 71.3 Å². The molecule has 0 spiro atoms. The van der Waals surface area contributed by atoms with Gasteiger partial charge in [0.25, 0.3) is 0 Å². The smallest absolute Gasteiger partial charge is 0.404 e. The third kappa shape index (κ3) is 11.7. The zero-order valence-electron chi connectivity index (χ0n) is 25.0. The number of ether oxygens (including phenoxy) is 2. The van der Waals surface area contributed by atoms with E-state index in [9.17, 15) is 14.7 Å². The average molecular weight is 627 g/mol. The number of carbonyl (C=O) groups is 2. The molecule has 1 aliphatic rings. The van der Waals surface area contributed by atoms with E-state index >= 15 is 0 Å². The molecule has 1 aliphatic heterocycles. The van der Waals surface area contributed by atoms with E-state index in [2.05, 4.69) is 40.8 Å². The highest BCUT2D eigenvalue weighted by atomic mass is 79.9. The van der Waals surface area contributed by atoms with Gasteiger partial charge in [0.1, 0.15) is 12.2 Å². The van der Waals surface area contributed by atoms with Crippen molar-refractivity contribution < 1.29 is 24.2 Å². The van der Waals surface area contributed by atoms with Crippen LogP contribution in [-0.4, -0.2) is 29.4 Å². The Kier molecular flexibility index (Phi) is 13.6. The van der Waals surface area contributed by atoms with Crippen molar-refractivity contribution in [2.75, 3.05) is 0 Å². The van der Waals surface area contributed by atoms with Crippen LogP contribution in [0.3, 0.4) is 0 Å². The minimum atomic E-state index is -0.771. The molecule has 1 heterocycles. The van der Waals surface area contributed by atoms with Crippen LogP contribution in [0.4, 0.5) is 4.79 Å². The SMILES string of the molecule is Cc1cccc(C(O)C(C)(C)/C=C/C#C/C=C/[C@H]2OC(=O)/C=C\C[C@@H](C)C[C@@H](OC(N)=O)C[C@@H](C)/C=C/[C@@H]2C)c1Br. The van der Waals surface area contributed by atoms with Crippen molar-refractivity contribution >= 4 is 28.0 Å².